The standard InChI is InChI=1S/C7H12N2O3.C7H16N2O.C6H13NO.C4H7NO3.C4H7NO2.C4H9NO.2C4H11N.C2H6/c1-8(6-11)5-7(12)9(2)3-4-10;1-5-9(4)7(10)6-8(2)3;1-6(2)7(3)4-5-8;1-5(3-6)2-4(7)8;1-5(4-7)2-3-6;1-5(2)3-4-6;2*1-4-5(2)3;1-2/h4,6H,3,5H2,1-2H3;5-6H2,1-4H3;5-6H,4H2,1-3H3;3H,2H2,1H3,(H,7,8);3-4H,2H2,1H3;4H,3H2,1-2H3;2*4H2,1-3H3;1-2H3. The molecule has 0 heterocycles. The molecular formula is C42H92N10O11. The Morgan fingerprint density at radius 3 is 0.937 bits per heavy atom. The van der Waals surface area contributed by atoms with Crippen LogP contribution in [0, 0.1) is 0 Å². The number of amides is 5. The first-order chi connectivity index (χ1) is 29.2. The van der Waals surface area contributed by atoms with Gasteiger partial charge in [0.25, 0.3) is 0 Å². The molecule has 376 valence electrons. The SMILES string of the molecule is CC.CC(C)N(C)CC=O.CCN(C)C.CCN(C)C.CCN(C)C(=O)CN(C)C.CN(C)CC=O.CN(C=O)CC(=O)N(C)CC=O.CN(C=O)CC(=O)O.CN(C=O)CC=O. The maximum atomic E-state index is 11.1. The molecule has 21 heteroatoms. The van der Waals surface area contributed by atoms with Gasteiger partial charge >= 0.3 is 5.97 Å². The minimum Gasteiger partial charge on any atom is -0.480 e. The number of aldehydes is 4. The summed E-state index contributed by atoms with van der Waals surface area (Å²) in [6, 6.07) is 0.472. The Morgan fingerprint density at radius 2 is 0.762 bits per heavy atom. The number of carbonyl (C=O) groups excluding carboxylic acids is 9. The van der Waals surface area contributed by atoms with Crippen molar-refractivity contribution in [3.8, 4) is 0 Å². The van der Waals surface area contributed by atoms with Gasteiger partial charge < -0.3 is 68.4 Å². The van der Waals surface area contributed by atoms with E-state index < -0.39 is 5.97 Å². The topological polar surface area (TPSA) is 223 Å². The molecule has 0 fully saturated rings. The number of rotatable bonds is 21. The van der Waals surface area contributed by atoms with Crippen LogP contribution >= 0.6 is 0 Å². The minimum atomic E-state index is -1.00. The number of hydrogen-bond donors (Lipinski definition) is 1. The van der Waals surface area contributed by atoms with Crippen LogP contribution in [0.2, 0.25) is 0 Å². The number of carbonyl (C=O) groups is 10. The van der Waals surface area contributed by atoms with E-state index in [9.17, 15) is 47.9 Å². The van der Waals surface area contributed by atoms with Crippen molar-refractivity contribution in [2.24, 2.45) is 0 Å². The zero-order valence-corrected chi connectivity index (χ0v) is 43.2. The molecule has 63 heavy (non-hydrogen) atoms. The van der Waals surface area contributed by atoms with E-state index in [4.69, 9.17) is 5.11 Å². The maximum absolute atomic E-state index is 11.1. The van der Waals surface area contributed by atoms with Crippen molar-refractivity contribution in [1.82, 2.24) is 49.0 Å². The average Bonchev–Trinajstić information content (AvgIpc) is 3.22. The van der Waals surface area contributed by atoms with E-state index in [-0.39, 0.29) is 38.0 Å². The summed E-state index contributed by atoms with van der Waals surface area (Å²) in [4.78, 5) is 117. The normalized spacial score (nSPS) is 9.00. The molecule has 0 bridgehead atoms. The van der Waals surface area contributed by atoms with Crippen LogP contribution in [0.4, 0.5) is 0 Å². The smallest absolute Gasteiger partial charge is 0.323 e. The molecule has 0 saturated heterocycles. The fourth-order valence-corrected chi connectivity index (χ4v) is 2.04. The Morgan fingerprint density at radius 1 is 0.429 bits per heavy atom. The third-order valence-electron chi connectivity index (χ3n) is 6.75. The van der Waals surface area contributed by atoms with Crippen molar-refractivity contribution in [2.75, 3.05) is 164 Å². The van der Waals surface area contributed by atoms with Crippen molar-refractivity contribution in [2.45, 2.75) is 54.5 Å². The van der Waals surface area contributed by atoms with Crippen molar-refractivity contribution in [1.29, 1.82) is 0 Å². The highest BCUT2D eigenvalue weighted by molar-refractivity contribution is 5.81. The summed E-state index contributed by atoms with van der Waals surface area (Å²) < 4.78 is 0. The van der Waals surface area contributed by atoms with Gasteiger partial charge in [0.1, 0.15) is 31.7 Å². The van der Waals surface area contributed by atoms with Crippen molar-refractivity contribution >= 4 is 62.2 Å². The molecular weight excluding hydrogens is 821 g/mol. The third kappa shape index (κ3) is 93.5. The second kappa shape index (κ2) is 61.6. The molecule has 1 N–H and O–H groups in total. The third-order valence-corrected chi connectivity index (χ3v) is 6.75. The van der Waals surface area contributed by atoms with E-state index in [1.807, 2.05) is 77.8 Å². The Kier molecular flexibility index (Phi) is 77.0. The largest absolute Gasteiger partial charge is 0.480 e. The molecule has 0 saturated carbocycles. The molecule has 0 atom stereocenters. The molecule has 0 rings (SSSR count). The molecule has 0 aromatic rings. The summed E-state index contributed by atoms with van der Waals surface area (Å²) in [7, 11) is 25.4. The Hall–Kier alpha value is -4.70. The van der Waals surface area contributed by atoms with Crippen LogP contribution in [0.5, 0.6) is 0 Å². The summed E-state index contributed by atoms with van der Waals surface area (Å²) in [5.41, 5.74) is 0. The number of carboxylic acid groups (broad SMARTS) is 1. The number of hydrogen-bond acceptors (Lipinski definition) is 15. The maximum Gasteiger partial charge on any atom is 0.323 e. The zero-order chi connectivity index (χ0) is 52.1. The van der Waals surface area contributed by atoms with Gasteiger partial charge in [-0.05, 0) is 97.3 Å². The first kappa shape index (κ1) is 78.8. The summed E-state index contributed by atoms with van der Waals surface area (Å²) in [6.45, 7) is 19.0. The van der Waals surface area contributed by atoms with E-state index in [0.717, 1.165) is 37.1 Å². The number of nitrogens with zero attached hydrogens (tertiary/aromatic N) is 10. The highest BCUT2D eigenvalue weighted by Gasteiger charge is 2.09. The Balaban J connectivity index is -0.0000000763. The van der Waals surface area contributed by atoms with Gasteiger partial charge in [0.05, 0.1) is 39.3 Å². The van der Waals surface area contributed by atoms with E-state index in [1.165, 1.54) is 35.8 Å². The molecule has 0 unspecified atom stereocenters. The molecule has 0 aromatic carbocycles. The molecule has 0 aromatic heterocycles. The van der Waals surface area contributed by atoms with Crippen LogP contribution in [0.25, 0.3) is 0 Å². The lowest BCUT2D eigenvalue weighted by atomic mass is 10.3. The van der Waals surface area contributed by atoms with E-state index in [2.05, 4.69) is 65.7 Å². The lowest BCUT2D eigenvalue weighted by Crippen LogP contribution is -2.36. The lowest BCUT2D eigenvalue weighted by molar-refractivity contribution is -0.140. The highest BCUT2D eigenvalue weighted by atomic mass is 16.4. The van der Waals surface area contributed by atoms with Crippen molar-refractivity contribution in [3.63, 3.8) is 0 Å². The summed E-state index contributed by atoms with van der Waals surface area (Å²) >= 11 is 0. The first-order valence-corrected chi connectivity index (χ1v) is 20.4. The van der Waals surface area contributed by atoms with Gasteiger partial charge in [0, 0.05) is 47.8 Å². The lowest BCUT2D eigenvalue weighted by Gasteiger charge is -2.16. The van der Waals surface area contributed by atoms with Crippen LogP contribution in [-0.4, -0.2) is 286 Å². The predicted molar refractivity (Wildman–Crippen MR) is 254 cm³/mol. The fourth-order valence-electron chi connectivity index (χ4n) is 2.04. The summed E-state index contributed by atoms with van der Waals surface area (Å²) in [5, 5.41) is 8.01. The molecule has 0 radical (unpaired) electrons. The van der Waals surface area contributed by atoms with Gasteiger partial charge in [-0.15, -0.1) is 0 Å². The van der Waals surface area contributed by atoms with Gasteiger partial charge in [-0.25, -0.2) is 0 Å². The van der Waals surface area contributed by atoms with Gasteiger partial charge in [0.15, 0.2) is 0 Å². The van der Waals surface area contributed by atoms with E-state index >= 15 is 0 Å². The van der Waals surface area contributed by atoms with Gasteiger partial charge in [-0.1, -0.05) is 27.7 Å². The van der Waals surface area contributed by atoms with Gasteiger partial charge in [0.2, 0.25) is 31.0 Å². The van der Waals surface area contributed by atoms with Gasteiger partial charge in [-0.3, -0.25) is 33.7 Å². The second-order valence-corrected chi connectivity index (χ2v) is 14.2. The van der Waals surface area contributed by atoms with E-state index in [0.29, 0.717) is 57.5 Å². The van der Waals surface area contributed by atoms with Crippen LogP contribution in [-0.2, 0) is 47.9 Å². The average molecular weight is 913 g/mol. The second-order valence-electron chi connectivity index (χ2n) is 14.2. The number of carboxylic acids is 1. The molecule has 0 aliphatic rings. The molecule has 5 amide bonds. The van der Waals surface area contributed by atoms with Gasteiger partial charge in [-0.2, -0.15) is 0 Å². The molecule has 0 aliphatic heterocycles. The number of aliphatic carboxylic acids is 1. The molecule has 21 nitrogen and oxygen atoms in total. The quantitative estimate of drug-likeness (QED) is 0.145. The van der Waals surface area contributed by atoms with Crippen LogP contribution < -0.4 is 0 Å². The Labute approximate surface area is 382 Å². The first-order valence-electron chi connectivity index (χ1n) is 20.4. The Bertz CT molecular complexity index is 1080. The van der Waals surface area contributed by atoms with Crippen LogP contribution in [0.3, 0.4) is 0 Å². The number of likely N-dealkylation sites (N-methyl/N-ethyl adjacent to an activating group) is 8. The highest BCUT2D eigenvalue weighted by Crippen LogP contribution is 1.89. The van der Waals surface area contributed by atoms with Crippen LogP contribution in [0.15, 0.2) is 0 Å². The van der Waals surface area contributed by atoms with Crippen LogP contribution in [0.1, 0.15) is 48.5 Å². The molecule has 0 spiro atoms. The summed E-state index contributed by atoms with van der Waals surface area (Å²) in [5.74, 6) is -1.08. The minimum absolute atomic E-state index is 0.00778. The van der Waals surface area contributed by atoms with Crippen molar-refractivity contribution < 1.29 is 53.1 Å². The zero-order valence-electron chi connectivity index (χ0n) is 43.2. The van der Waals surface area contributed by atoms with Crippen molar-refractivity contribution in [3.05, 3.63) is 0 Å². The summed E-state index contributed by atoms with van der Waals surface area (Å²) in [6.07, 6.45) is 4.74. The fraction of sp³-hybridized carbons (Fsp3) is 0.762. The molecule has 0 aliphatic carbocycles. The monoisotopic (exact) mass is 913 g/mol. The predicted octanol–water partition coefficient (Wildman–Crippen LogP) is -0.375. The van der Waals surface area contributed by atoms with E-state index in [1.54, 1.807) is 11.9 Å².